The van der Waals surface area contributed by atoms with Crippen LogP contribution < -0.4 is 5.19 Å². The fraction of sp³-hybridized carbons (Fsp3) is 0.654. The van der Waals surface area contributed by atoms with Crippen LogP contribution in [-0.4, -0.2) is 13.9 Å². The predicted molar refractivity (Wildman–Crippen MR) is 122 cm³/mol. The van der Waals surface area contributed by atoms with E-state index < -0.39 is 8.07 Å². The van der Waals surface area contributed by atoms with Gasteiger partial charge < -0.3 is 0 Å². The van der Waals surface area contributed by atoms with Gasteiger partial charge in [0.05, 0.1) is 8.07 Å². The number of hydrogen-bond donors (Lipinski definition) is 0. The lowest BCUT2D eigenvalue weighted by Gasteiger charge is -2.43. The number of allylic oxidation sites excluding steroid dienone is 2. The second-order valence-electron chi connectivity index (χ2n) is 9.87. The van der Waals surface area contributed by atoms with E-state index in [1.54, 1.807) is 10.8 Å². The van der Waals surface area contributed by atoms with Crippen molar-refractivity contribution in [3.8, 4) is 0 Å². The van der Waals surface area contributed by atoms with Crippen LogP contribution in [0.1, 0.15) is 71.1 Å². The average molecular weight is 395 g/mol. The summed E-state index contributed by atoms with van der Waals surface area (Å²) in [4.78, 5) is 11.5. The zero-order valence-electron chi connectivity index (χ0n) is 17.8. The molecule has 0 radical (unpaired) electrons. The van der Waals surface area contributed by atoms with E-state index in [-0.39, 0.29) is 0 Å². The molecule has 1 saturated heterocycles. The lowest BCUT2D eigenvalue weighted by Crippen LogP contribution is -2.50. The molecule has 0 unspecified atom stereocenters. The SMILES string of the molecule is CCC[Si]1(c2ccccc2)CCC(C2CCC(C3=CCC(=O)CC3)CC2)CC1. The lowest BCUT2D eigenvalue weighted by molar-refractivity contribution is -0.118. The number of rotatable bonds is 5. The molecule has 2 heteroatoms. The Hall–Kier alpha value is -1.15. The minimum atomic E-state index is -1.25. The molecule has 4 rings (SSSR count). The van der Waals surface area contributed by atoms with Gasteiger partial charge in [-0.1, -0.05) is 91.5 Å². The van der Waals surface area contributed by atoms with E-state index in [0.29, 0.717) is 12.2 Å². The van der Waals surface area contributed by atoms with Crippen LogP contribution in [0.15, 0.2) is 42.0 Å². The molecule has 152 valence electrons. The first-order chi connectivity index (χ1) is 13.7. The van der Waals surface area contributed by atoms with Crippen molar-refractivity contribution in [3.63, 3.8) is 0 Å². The summed E-state index contributed by atoms with van der Waals surface area (Å²) in [5.41, 5.74) is 1.63. The predicted octanol–water partition coefficient (Wildman–Crippen LogP) is 6.65. The highest BCUT2D eigenvalue weighted by atomic mass is 28.3. The van der Waals surface area contributed by atoms with Crippen molar-refractivity contribution in [1.29, 1.82) is 0 Å². The van der Waals surface area contributed by atoms with E-state index in [1.165, 1.54) is 63.1 Å². The lowest BCUT2D eigenvalue weighted by atomic mass is 9.71. The summed E-state index contributed by atoms with van der Waals surface area (Å²) in [6, 6.07) is 16.1. The minimum absolute atomic E-state index is 0.442. The maximum atomic E-state index is 11.5. The Labute approximate surface area is 173 Å². The Morgan fingerprint density at radius 3 is 2.18 bits per heavy atom. The van der Waals surface area contributed by atoms with Crippen molar-refractivity contribution in [2.75, 3.05) is 0 Å². The molecule has 0 bridgehead atoms. The molecular formula is C26H38OSi. The maximum absolute atomic E-state index is 11.5. The first-order valence-corrected chi connectivity index (χ1v) is 14.6. The molecule has 3 aliphatic rings. The third kappa shape index (κ3) is 4.37. The summed E-state index contributed by atoms with van der Waals surface area (Å²) in [5, 5.41) is 1.73. The van der Waals surface area contributed by atoms with Gasteiger partial charge in [0.25, 0.3) is 0 Å². The first kappa shape index (κ1) is 20.1. The highest BCUT2D eigenvalue weighted by Gasteiger charge is 2.40. The topological polar surface area (TPSA) is 17.1 Å². The Balaban J connectivity index is 1.32. The summed E-state index contributed by atoms with van der Waals surface area (Å²) in [7, 11) is -1.25. The van der Waals surface area contributed by atoms with Crippen LogP contribution in [0, 0.1) is 17.8 Å². The highest BCUT2D eigenvalue weighted by molar-refractivity contribution is 6.92. The van der Waals surface area contributed by atoms with Crippen molar-refractivity contribution >= 4 is 19.0 Å². The molecule has 1 aromatic rings. The number of benzene rings is 1. The molecule has 1 aliphatic heterocycles. The third-order valence-electron chi connectivity index (χ3n) is 8.35. The number of Topliss-reactive ketones (excluding diaryl/α,β-unsaturated/α-hetero) is 1. The van der Waals surface area contributed by atoms with Crippen molar-refractivity contribution < 1.29 is 4.79 Å². The van der Waals surface area contributed by atoms with Gasteiger partial charge in [0.15, 0.2) is 0 Å². The van der Waals surface area contributed by atoms with Gasteiger partial charge in [-0.25, -0.2) is 0 Å². The van der Waals surface area contributed by atoms with Gasteiger partial charge in [0.2, 0.25) is 0 Å². The van der Waals surface area contributed by atoms with E-state index in [2.05, 4.69) is 43.3 Å². The monoisotopic (exact) mass is 394 g/mol. The molecule has 2 fully saturated rings. The Kier molecular flexibility index (Phi) is 6.55. The fourth-order valence-corrected chi connectivity index (χ4v) is 12.0. The molecule has 1 saturated carbocycles. The fourth-order valence-electron chi connectivity index (χ4n) is 6.68. The zero-order valence-corrected chi connectivity index (χ0v) is 18.8. The Morgan fingerprint density at radius 1 is 0.893 bits per heavy atom. The smallest absolute Gasteiger partial charge is 0.136 e. The molecule has 1 heterocycles. The number of carbonyl (C=O) groups is 1. The Bertz CT molecular complexity index is 676. The molecule has 0 spiro atoms. The van der Waals surface area contributed by atoms with Gasteiger partial charge in [-0.3, -0.25) is 4.79 Å². The maximum Gasteiger partial charge on any atom is 0.136 e. The van der Waals surface area contributed by atoms with Crippen LogP contribution in [0.25, 0.3) is 0 Å². The summed E-state index contributed by atoms with van der Waals surface area (Å²) in [6.45, 7) is 2.39. The zero-order chi connectivity index (χ0) is 19.4. The molecule has 1 nitrogen and oxygen atoms in total. The minimum Gasteiger partial charge on any atom is -0.299 e. The van der Waals surface area contributed by atoms with E-state index in [0.717, 1.165) is 30.6 Å². The summed E-state index contributed by atoms with van der Waals surface area (Å²) >= 11 is 0. The molecular weight excluding hydrogens is 356 g/mol. The first-order valence-electron chi connectivity index (χ1n) is 12.0. The van der Waals surface area contributed by atoms with Gasteiger partial charge in [-0.15, -0.1) is 0 Å². The van der Waals surface area contributed by atoms with Gasteiger partial charge >= 0.3 is 0 Å². The number of ketones is 1. The molecule has 0 aromatic heterocycles. The second-order valence-corrected chi connectivity index (χ2v) is 14.5. The summed E-state index contributed by atoms with van der Waals surface area (Å²) in [6.07, 6.45) is 14.8. The Morgan fingerprint density at radius 2 is 1.57 bits per heavy atom. The van der Waals surface area contributed by atoms with E-state index >= 15 is 0 Å². The van der Waals surface area contributed by atoms with Crippen molar-refractivity contribution in [2.45, 2.75) is 89.3 Å². The van der Waals surface area contributed by atoms with Crippen LogP contribution in [0.3, 0.4) is 0 Å². The quantitative estimate of drug-likeness (QED) is 0.404. The van der Waals surface area contributed by atoms with E-state index in [1.807, 2.05) is 0 Å². The van der Waals surface area contributed by atoms with Gasteiger partial charge in [0, 0.05) is 12.8 Å². The average Bonchev–Trinajstić information content (AvgIpc) is 2.76. The van der Waals surface area contributed by atoms with Crippen LogP contribution in [0.5, 0.6) is 0 Å². The summed E-state index contributed by atoms with van der Waals surface area (Å²) < 4.78 is 0. The molecule has 0 N–H and O–H groups in total. The third-order valence-corrected chi connectivity index (χ3v) is 13.9. The number of carbonyl (C=O) groups excluding carboxylic acids is 1. The molecule has 1 aromatic carbocycles. The van der Waals surface area contributed by atoms with Gasteiger partial charge in [-0.05, 0) is 49.9 Å². The van der Waals surface area contributed by atoms with Gasteiger partial charge in [-0.2, -0.15) is 0 Å². The van der Waals surface area contributed by atoms with E-state index in [4.69, 9.17) is 0 Å². The van der Waals surface area contributed by atoms with E-state index in [9.17, 15) is 4.79 Å². The molecule has 0 atom stereocenters. The standard InChI is InChI=1S/C26H38OSi/c1-2-18-28(26-6-4-3-5-7-26)19-16-24(17-20-28)22-10-8-21(9-11-22)23-12-14-25(27)15-13-23/h3-7,12,21-22,24H,2,8-11,13-20H2,1H3. The molecule has 2 aliphatic carbocycles. The van der Waals surface area contributed by atoms with Crippen LogP contribution >= 0.6 is 0 Å². The van der Waals surface area contributed by atoms with Crippen molar-refractivity contribution in [2.24, 2.45) is 17.8 Å². The summed E-state index contributed by atoms with van der Waals surface area (Å²) in [5.74, 6) is 3.21. The van der Waals surface area contributed by atoms with Crippen molar-refractivity contribution in [3.05, 3.63) is 42.0 Å². The van der Waals surface area contributed by atoms with Crippen LogP contribution in [-0.2, 0) is 4.79 Å². The normalized spacial score (nSPS) is 34.1. The molecule has 28 heavy (non-hydrogen) atoms. The van der Waals surface area contributed by atoms with Crippen LogP contribution in [0.4, 0.5) is 0 Å². The second kappa shape index (κ2) is 9.11. The molecule has 0 amide bonds. The van der Waals surface area contributed by atoms with Crippen molar-refractivity contribution in [1.82, 2.24) is 0 Å². The largest absolute Gasteiger partial charge is 0.299 e. The highest BCUT2D eigenvalue weighted by Crippen LogP contribution is 2.45. The number of hydrogen-bond acceptors (Lipinski definition) is 1. The van der Waals surface area contributed by atoms with Crippen LogP contribution in [0.2, 0.25) is 18.1 Å². The van der Waals surface area contributed by atoms with Gasteiger partial charge in [0.1, 0.15) is 5.78 Å².